The summed E-state index contributed by atoms with van der Waals surface area (Å²) in [4.78, 5) is 14.8. The SMILES string of the molecule is COC(=O)/C=C/NCc1cccnc1OC. The third-order valence-corrected chi connectivity index (χ3v) is 1.87. The van der Waals surface area contributed by atoms with Gasteiger partial charge in [0.15, 0.2) is 0 Å². The average Bonchev–Trinajstić information content (AvgIpc) is 2.34. The van der Waals surface area contributed by atoms with Crippen LogP contribution in [0.1, 0.15) is 5.56 Å². The van der Waals surface area contributed by atoms with Crippen LogP contribution in [0.4, 0.5) is 0 Å². The van der Waals surface area contributed by atoms with E-state index in [2.05, 4.69) is 15.0 Å². The molecular weight excluding hydrogens is 208 g/mol. The summed E-state index contributed by atoms with van der Waals surface area (Å²) in [5.41, 5.74) is 0.916. The minimum absolute atomic E-state index is 0.398. The van der Waals surface area contributed by atoms with Crippen LogP contribution in [-0.4, -0.2) is 25.2 Å². The number of carbonyl (C=O) groups excluding carboxylic acids is 1. The number of ether oxygens (including phenoxy) is 2. The molecule has 0 spiro atoms. The number of esters is 1. The van der Waals surface area contributed by atoms with Gasteiger partial charge in [0.1, 0.15) is 0 Å². The lowest BCUT2D eigenvalue weighted by atomic mass is 10.3. The monoisotopic (exact) mass is 222 g/mol. The van der Waals surface area contributed by atoms with E-state index in [0.29, 0.717) is 12.4 Å². The molecule has 0 unspecified atom stereocenters. The Morgan fingerprint density at radius 1 is 1.56 bits per heavy atom. The first-order valence-electron chi connectivity index (χ1n) is 4.73. The fourth-order valence-corrected chi connectivity index (χ4v) is 1.11. The molecule has 0 saturated heterocycles. The number of hydrogen-bond donors (Lipinski definition) is 1. The van der Waals surface area contributed by atoms with Gasteiger partial charge in [0.05, 0.1) is 14.2 Å². The Labute approximate surface area is 94.1 Å². The van der Waals surface area contributed by atoms with Gasteiger partial charge in [-0.1, -0.05) is 6.07 Å². The molecule has 5 nitrogen and oxygen atoms in total. The van der Waals surface area contributed by atoms with Crippen molar-refractivity contribution in [3.05, 3.63) is 36.2 Å². The third-order valence-electron chi connectivity index (χ3n) is 1.87. The topological polar surface area (TPSA) is 60.5 Å². The van der Waals surface area contributed by atoms with Crippen LogP contribution in [0.25, 0.3) is 0 Å². The first kappa shape index (κ1) is 12.0. The zero-order chi connectivity index (χ0) is 11.8. The Bertz CT molecular complexity index is 377. The summed E-state index contributed by atoms with van der Waals surface area (Å²) < 4.78 is 9.52. The van der Waals surface area contributed by atoms with Crippen molar-refractivity contribution in [2.45, 2.75) is 6.54 Å². The van der Waals surface area contributed by atoms with Crippen LogP contribution in [0.3, 0.4) is 0 Å². The maximum Gasteiger partial charge on any atom is 0.331 e. The van der Waals surface area contributed by atoms with Crippen LogP contribution in [0, 0.1) is 0 Å². The fraction of sp³-hybridized carbons (Fsp3) is 0.273. The summed E-state index contributed by atoms with van der Waals surface area (Å²) in [6.45, 7) is 0.532. The predicted octanol–water partition coefficient (Wildman–Crippen LogP) is 0.866. The van der Waals surface area contributed by atoms with Crippen molar-refractivity contribution in [2.24, 2.45) is 0 Å². The summed E-state index contributed by atoms with van der Waals surface area (Å²) in [6.07, 6.45) is 4.49. The summed E-state index contributed by atoms with van der Waals surface area (Å²) in [5.74, 6) is 0.173. The quantitative estimate of drug-likeness (QED) is 0.591. The third kappa shape index (κ3) is 3.61. The van der Waals surface area contributed by atoms with Gasteiger partial charge in [0.25, 0.3) is 0 Å². The largest absolute Gasteiger partial charge is 0.481 e. The van der Waals surface area contributed by atoms with E-state index in [1.807, 2.05) is 12.1 Å². The molecule has 0 amide bonds. The molecule has 1 N–H and O–H groups in total. The molecule has 1 aromatic rings. The van der Waals surface area contributed by atoms with E-state index in [1.54, 1.807) is 13.3 Å². The van der Waals surface area contributed by atoms with Crippen molar-refractivity contribution < 1.29 is 14.3 Å². The van der Waals surface area contributed by atoms with Gasteiger partial charge in [-0.2, -0.15) is 0 Å². The molecule has 0 bridgehead atoms. The van der Waals surface area contributed by atoms with Gasteiger partial charge in [-0.3, -0.25) is 0 Å². The van der Waals surface area contributed by atoms with Gasteiger partial charge in [0.2, 0.25) is 5.88 Å². The molecule has 16 heavy (non-hydrogen) atoms. The van der Waals surface area contributed by atoms with E-state index in [9.17, 15) is 4.79 Å². The first-order valence-corrected chi connectivity index (χ1v) is 4.73. The standard InChI is InChI=1S/C11H14N2O3/c1-15-10(14)5-7-12-8-9-4-3-6-13-11(9)16-2/h3-7,12H,8H2,1-2H3/b7-5+. The van der Waals surface area contributed by atoms with Gasteiger partial charge in [0, 0.05) is 30.6 Å². The summed E-state index contributed by atoms with van der Waals surface area (Å²) in [6, 6.07) is 3.72. The highest BCUT2D eigenvalue weighted by atomic mass is 16.5. The van der Waals surface area contributed by atoms with Crippen molar-refractivity contribution in [1.29, 1.82) is 0 Å². The summed E-state index contributed by atoms with van der Waals surface area (Å²) >= 11 is 0. The van der Waals surface area contributed by atoms with Crippen molar-refractivity contribution >= 4 is 5.97 Å². The number of nitrogens with one attached hydrogen (secondary N) is 1. The Balaban J connectivity index is 2.48. The maximum absolute atomic E-state index is 10.8. The second-order valence-corrected chi connectivity index (χ2v) is 2.91. The average molecular weight is 222 g/mol. The molecule has 0 aliphatic rings. The number of nitrogens with zero attached hydrogens (tertiary/aromatic N) is 1. The Morgan fingerprint density at radius 2 is 2.38 bits per heavy atom. The van der Waals surface area contributed by atoms with Gasteiger partial charge < -0.3 is 14.8 Å². The smallest absolute Gasteiger partial charge is 0.331 e. The molecule has 0 aliphatic carbocycles. The lowest BCUT2D eigenvalue weighted by molar-refractivity contribution is -0.134. The van der Waals surface area contributed by atoms with Crippen LogP contribution < -0.4 is 10.1 Å². The highest BCUT2D eigenvalue weighted by Crippen LogP contribution is 2.12. The van der Waals surface area contributed by atoms with Crippen LogP contribution in [0.5, 0.6) is 5.88 Å². The Hall–Kier alpha value is -2.04. The molecule has 0 aromatic carbocycles. The fourth-order valence-electron chi connectivity index (χ4n) is 1.11. The van der Waals surface area contributed by atoms with Crippen LogP contribution in [0.2, 0.25) is 0 Å². The second-order valence-electron chi connectivity index (χ2n) is 2.91. The van der Waals surface area contributed by atoms with Gasteiger partial charge >= 0.3 is 5.97 Å². The Morgan fingerprint density at radius 3 is 3.06 bits per heavy atom. The lowest BCUT2D eigenvalue weighted by Gasteiger charge is -2.06. The number of aromatic nitrogens is 1. The number of carbonyl (C=O) groups is 1. The number of rotatable bonds is 5. The van der Waals surface area contributed by atoms with E-state index in [-0.39, 0.29) is 0 Å². The minimum atomic E-state index is -0.398. The number of methoxy groups -OCH3 is 2. The van der Waals surface area contributed by atoms with E-state index >= 15 is 0 Å². The molecular formula is C11H14N2O3. The zero-order valence-electron chi connectivity index (χ0n) is 9.27. The zero-order valence-corrected chi connectivity index (χ0v) is 9.27. The molecule has 1 rings (SSSR count). The number of pyridine rings is 1. The van der Waals surface area contributed by atoms with Gasteiger partial charge in [-0.25, -0.2) is 9.78 Å². The van der Waals surface area contributed by atoms with E-state index in [4.69, 9.17) is 4.74 Å². The molecule has 0 atom stereocenters. The van der Waals surface area contributed by atoms with E-state index < -0.39 is 5.97 Å². The summed E-state index contributed by atoms with van der Waals surface area (Å²) in [7, 11) is 2.90. The van der Waals surface area contributed by atoms with Crippen molar-refractivity contribution in [2.75, 3.05) is 14.2 Å². The molecule has 5 heteroatoms. The van der Waals surface area contributed by atoms with E-state index in [1.165, 1.54) is 19.4 Å². The second kappa shape index (κ2) is 6.44. The van der Waals surface area contributed by atoms with E-state index in [0.717, 1.165) is 5.56 Å². The minimum Gasteiger partial charge on any atom is -0.481 e. The molecule has 0 aliphatic heterocycles. The highest BCUT2D eigenvalue weighted by molar-refractivity contribution is 5.81. The maximum atomic E-state index is 10.8. The molecule has 1 heterocycles. The van der Waals surface area contributed by atoms with Crippen molar-refractivity contribution in [3.63, 3.8) is 0 Å². The van der Waals surface area contributed by atoms with Gasteiger partial charge in [-0.15, -0.1) is 0 Å². The molecule has 0 fully saturated rings. The van der Waals surface area contributed by atoms with Crippen LogP contribution in [0.15, 0.2) is 30.6 Å². The van der Waals surface area contributed by atoms with Crippen molar-refractivity contribution in [3.8, 4) is 5.88 Å². The predicted molar refractivity (Wildman–Crippen MR) is 58.8 cm³/mol. The van der Waals surface area contributed by atoms with Crippen LogP contribution in [-0.2, 0) is 16.1 Å². The van der Waals surface area contributed by atoms with Gasteiger partial charge in [-0.05, 0) is 6.07 Å². The molecule has 86 valence electrons. The molecule has 0 radical (unpaired) electrons. The highest BCUT2D eigenvalue weighted by Gasteiger charge is 2.00. The van der Waals surface area contributed by atoms with Crippen molar-refractivity contribution in [1.82, 2.24) is 10.3 Å². The first-order chi connectivity index (χ1) is 7.77. The number of hydrogen-bond acceptors (Lipinski definition) is 5. The normalized spacial score (nSPS) is 10.1. The summed E-state index contributed by atoms with van der Waals surface area (Å²) in [5, 5.41) is 2.94. The van der Waals surface area contributed by atoms with Crippen LogP contribution >= 0.6 is 0 Å². The molecule has 0 saturated carbocycles. The molecule has 1 aromatic heterocycles. The Kier molecular flexibility index (Phi) is 4.85. The lowest BCUT2D eigenvalue weighted by Crippen LogP contribution is -2.08.